The van der Waals surface area contributed by atoms with E-state index in [1.54, 1.807) is 20.8 Å². The van der Waals surface area contributed by atoms with Crippen LogP contribution in [0, 0.1) is 0 Å². The molecule has 1 N–H and O–H groups in total. The van der Waals surface area contributed by atoms with Crippen LogP contribution in [-0.4, -0.2) is 42.1 Å². The van der Waals surface area contributed by atoms with E-state index in [1.165, 1.54) is 0 Å². The molecule has 0 radical (unpaired) electrons. The van der Waals surface area contributed by atoms with Crippen molar-refractivity contribution in [3.05, 3.63) is 0 Å². The summed E-state index contributed by atoms with van der Waals surface area (Å²) in [4.78, 5) is 23.6. The van der Waals surface area contributed by atoms with Crippen molar-refractivity contribution in [2.45, 2.75) is 32.4 Å². The summed E-state index contributed by atoms with van der Waals surface area (Å²) in [5.41, 5.74) is -0.671. The summed E-state index contributed by atoms with van der Waals surface area (Å²) in [7, 11) is 0. The van der Waals surface area contributed by atoms with Gasteiger partial charge in [0.15, 0.2) is 0 Å². The Hall–Kier alpha value is -1.26. The number of esters is 1. The zero-order valence-electron chi connectivity index (χ0n) is 11.5. The Morgan fingerprint density at radius 3 is 2.79 bits per heavy atom. The van der Waals surface area contributed by atoms with E-state index in [0.29, 0.717) is 4.90 Å². The Labute approximate surface area is 87.6 Å². The van der Waals surface area contributed by atoms with Gasteiger partial charge in [0.05, 0.1) is 6.54 Å². The molecular weight excluding hydrogens is 184 g/mol. The summed E-state index contributed by atoms with van der Waals surface area (Å²) in [5, 5.41) is 2.29. The molecular formula is C9H16N2O3. The molecule has 0 aliphatic carbocycles. The average molecular weight is 203 g/mol. The number of nitrogens with zero attached hydrogens (tertiary/aromatic N) is 1. The molecule has 2 amide bonds. The summed E-state index contributed by atoms with van der Waals surface area (Å²) in [6, 6.07) is -1.71. The second-order valence-corrected chi connectivity index (χ2v) is 4.15. The first-order chi connectivity index (χ1) is 7.50. The van der Waals surface area contributed by atoms with Crippen molar-refractivity contribution in [3.8, 4) is 0 Å². The maximum absolute atomic E-state index is 11.6. The van der Waals surface area contributed by atoms with Crippen LogP contribution in [0.2, 0.25) is 0 Å². The maximum atomic E-state index is 11.6. The lowest BCUT2D eigenvalue weighted by molar-refractivity contribution is -0.156. The molecule has 0 aromatic carbocycles. The summed E-state index contributed by atoms with van der Waals surface area (Å²) in [5.74, 6) is -0.627. The molecule has 0 saturated carbocycles. The molecule has 1 fully saturated rings. The maximum Gasteiger partial charge on any atom is 0.331 e. The highest BCUT2D eigenvalue weighted by Crippen LogP contribution is 2.11. The second-order valence-electron chi connectivity index (χ2n) is 4.15. The van der Waals surface area contributed by atoms with Crippen molar-refractivity contribution in [1.82, 2.24) is 10.2 Å². The molecule has 1 aliphatic rings. The number of hydrogen-bond donors (Lipinski definition) is 1. The molecule has 0 aromatic rings. The Kier molecular flexibility index (Phi) is 1.76. The minimum Gasteiger partial charge on any atom is -0.458 e. The topological polar surface area (TPSA) is 58.6 Å². The van der Waals surface area contributed by atoms with E-state index in [-0.39, 0.29) is 6.54 Å². The lowest BCUT2D eigenvalue weighted by Gasteiger charge is -2.21. The monoisotopic (exact) mass is 203 g/mol. The molecule has 1 heterocycles. The molecule has 5 heteroatoms. The van der Waals surface area contributed by atoms with Crippen LogP contribution < -0.4 is 5.32 Å². The minimum absolute atomic E-state index is 0.204. The van der Waals surface area contributed by atoms with Crippen molar-refractivity contribution in [1.29, 1.82) is 0 Å². The van der Waals surface area contributed by atoms with Crippen molar-refractivity contribution in [3.63, 3.8) is 0 Å². The van der Waals surface area contributed by atoms with Crippen LogP contribution in [0.4, 0.5) is 4.79 Å². The van der Waals surface area contributed by atoms with Crippen LogP contribution in [0.25, 0.3) is 0 Å². The van der Waals surface area contributed by atoms with Crippen molar-refractivity contribution >= 4 is 12.0 Å². The molecule has 0 bridgehead atoms. The predicted molar refractivity (Wildman–Crippen MR) is 50.8 cm³/mol. The number of likely N-dealkylation sites (N-methyl/N-ethyl adjacent to an activating group) is 1. The normalized spacial score (nSPS) is 26.2. The highest BCUT2D eigenvalue weighted by molar-refractivity contribution is 5.87. The van der Waals surface area contributed by atoms with Crippen LogP contribution in [0.5, 0.6) is 0 Å². The highest BCUT2D eigenvalue weighted by Gasteiger charge is 2.34. The summed E-state index contributed by atoms with van der Waals surface area (Å²) in [6.45, 7) is 2.35. The number of amides is 2. The van der Waals surface area contributed by atoms with Gasteiger partial charge in [-0.15, -0.1) is 0 Å². The molecule has 0 spiro atoms. The van der Waals surface area contributed by atoms with Gasteiger partial charge in [-0.25, -0.2) is 9.59 Å². The van der Waals surface area contributed by atoms with E-state index in [2.05, 4.69) is 5.32 Å². The second kappa shape index (κ2) is 3.48. The molecule has 0 aromatic heterocycles. The number of ether oxygens (including phenoxy) is 1. The number of carbonyl (C=O) groups excluding carboxylic acids is 2. The van der Waals surface area contributed by atoms with Crippen LogP contribution in [0.1, 0.15) is 24.9 Å². The van der Waals surface area contributed by atoms with Gasteiger partial charge in [0, 0.05) is 11.1 Å². The van der Waals surface area contributed by atoms with Gasteiger partial charge in [-0.05, 0) is 20.8 Å². The van der Waals surface area contributed by atoms with Gasteiger partial charge in [-0.2, -0.15) is 0 Å². The first kappa shape index (κ1) is 7.09. The number of carbonyl (C=O) groups is 2. The van der Waals surface area contributed by atoms with Crippen LogP contribution >= 0.6 is 0 Å². The Balaban J connectivity index is 2.67. The number of rotatable bonds is 1. The van der Waals surface area contributed by atoms with Gasteiger partial charge in [0.1, 0.15) is 11.6 Å². The van der Waals surface area contributed by atoms with Crippen LogP contribution in [0.15, 0.2) is 0 Å². The van der Waals surface area contributed by atoms with E-state index >= 15 is 0 Å². The van der Waals surface area contributed by atoms with E-state index in [9.17, 15) is 9.59 Å². The van der Waals surface area contributed by atoms with E-state index in [0.717, 1.165) is 0 Å². The Bertz CT molecular complexity index is 335. The standard InChI is InChI=1S/C9H16N2O3/c1-9(2,3)14-7(12)6-5-11(4)8(13)10-6/h6H,5H2,1-4H3,(H,10,13)/t6-/m0/s1/i4D3. The fourth-order valence-corrected chi connectivity index (χ4v) is 1.04. The van der Waals surface area contributed by atoms with E-state index < -0.39 is 30.6 Å². The molecule has 1 atom stereocenters. The largest absolute Gasteiger partial charge is 0.458 e. The fourth-order valence-electron chi connectivity index (χ4n) is 1.04. The van der Waals surface area contributed by atoms with Gasteiger partial charge >= 0.3 is 12.0 Å². The summed E-state index contributed by atoms with van der Waals surface area (Å²) in [6.07, 6.45) is 0. The third kappa shape index (κ3) is 2.61. The van der Waals surface area contributed by atoms with Crippen LogP contribution in [0.3, 0.4) is 0 Å². The van der Waals surface area contributed by atoms with Gasteiger partial charge in [-0.3, -0.25) is 0 Å². The lowest BCUT2D eigenvalue weighted by Crippen LogP contribution is -2.39. The molecule has 1 rings (SSSR count). The summed E-state index contributed by atoms with van der Waals surface area (Å²) >= 11 is 0. The fraction of sp³-hybridized carbons (Fsp3) is 0.778. The van der Waals surface area contributed by atoms with Gasteiger partial charge < -0.3 is 15.0 Å². The van der Waals surface area contributed by atoms with E-state index in [1.807, 2.05) is 0 Å². The molecule has 80 valence electrons. The zero-order valence-corrected chi connectivity index (χ0v) is 8.46. The molecule has 1 aliphatic heterocycles. The van der Waals surface area contributed by atoms with Crippen LogP contribution in [-0.2, 0) is 9.53 Å². The Morgan fingerprint density at radius 1 is 1.71 bits per heavy atom. The molecule has 1 saturated heterocycles. The lowest BCUT2D eigenvalue weighted by atomic mass is 10.2. The summed E-state index contributed by atoms with van der Waals surface area (Å²) < 4.78 is 26.4. The first-order valence-electron chi connectivity index (χ1n) is 5.82. The minimum atomic E-state index is -2.54. The molecule has 5 nitrogen and oxygen atoms in total. The first-order valence-corrected chi connectivity index (χ1v) is 4.32. The van der Waals surface area contributed by atoms with Crippen molar-refractivity contribution in [2.75, 3.05) is 13.5 Å². The van der Waals surface area contributed by atoms with Crippen molar-refractivity contribution in [2.24, 2.45) is 0 Å². The molecule has 0 unspecified atom stereocenters. The number of hydrogen-bond acceptors (Lipinski definition) is 3. The smallest absolute Gasteiger partial charge is 0.331 e. The number of nitrogens with one attached hydrogen (secondary N) is 1. The van der Waals surface area contributed by atoms with Crippen molar-refractivity contribution < 1.29 is 18.4 Å². The average Bonchev–Trinajstić information content (AvgIpc) is 2.42. The Morgan fingerprint density at radius 2 is 2.36 bits per heavy atom. The van der Waals surface area contributed by atoms with Gasteiger partial charge in [0.2, 0.25) is 0 Å². The molecule has 14 heavy (non-hydrogen) atoms. The highest BCUT2D eigenvalue weighted by atomic mass is 16.6. The zero-order chi connectivity index (χ0) is 13.4. The van der Waals surface area contributed by atoms with Gasteiger partial charge in [-0.1, -0.05) is 0 Å². The SMILES string of the molecule is [2H]C([2H])([2H])N1C[C@@H](C(=O)OC(C)(C)C)NC1=O. The quantitative estimate of drug-likeness (QED) is 0.626. The third-order valence-electron chi connectivity index (χ3n) is 1.60. The number of urea groups is 1. The predicted octanol–water partition coefficient (Wildman–Crippen LogP) is 0.352. The third-order valence-corrected chi connectivity index (χ3v) is 1.60. The van der Waals surface area contributed by atoms with E-state index in [4.69, 9.17) is 8.85 Å². The van der Waals surface area contributed by atoms with Gasteiger partial charge in [0.25, 0.3) is 0 Å².